The Balaban J connectivity index is -0.00000000641. The molecule has 7 rings (SSSR count). The molecule has 7 aromatic carbocycles. The summed E-state index contributed by atoms with van der Waals surface area (Å²) < 4.78 is 84.8. The van der Waals surface area contributed by atoms with E-state index < -0.39 is 96.8 Å². The van der Waals surface area contributed by atoms with Crippen LogP contribution in [-0.2, 0) is 43.1 Å². The van der Waals surface area contributed by atoms with Crippen molar-refractivity contribution >= 4 is 251 Å². The summed E-state index contributed by atoms with van der Waals surface area (Å²) in [4.78, 5) is 0. The zero-order valence-corrected chi connectivity index (χ0v) is 86.2. The maximum absolute atomic E-state index is 12.1. The summed E-state index contributed by atoms with van der Waals surface area (Å²) in [5.74, 6) is 0. The molecule has 0 nitrogen and oxygen atoms in total. The zero-order chi connectivity index (χ0) is 56.7. The molecule has 0 bridgehead atoms. The van der Waals surface area contributed by atoms with Crippen LogP contribution in [-0.4, -0.2) is 0 Å². The Kier molecular flexibility index (Phi) is 1240. The third-order valence-electron chi connectivity index (χ3n) is 8.79. The molecule has 35 heteroatoms. The van der Waals surface area contributed by atoms with Gasteiger partial charge in [0.25, 0.3) is 0 Å². The van der Waals surface area contributed by atoms with Crippen molar-refractivity contribution < 1.29 is 300 Å². The second kappa shape index (κ2) is 367. The molecule has 14 atom stereocenters. The number of hydrogen-bond acceptors (Lipinski definition) is 0. The molecule has 0 amide bonds. The van der Waals surface area contributed by atoms with Gasteiger partial charge in [0.1, 0.15) is 60.1 Å². The maximum Gasteiger partial charge on any atom is 0.102 e. The monoisotopic (exact) mass is 4220 g/mol. The van der Waals surface area contributed by atoms with Crippen molar-refractivity contribution in [2.45, 2.75) is 511 Å². The normalized spacial score (nSPS) is 7.33. The Morgan fingerprint density at radius 3 is 0.204 bits per heavy atom. The predicted octanol–water partition coefficient (Wildman–Crippen LogP) is 71.5. The van der Waals surface area contributed by atoms with Gasteiger partial charge in [-0.1, -0.05) is 680 Å². The standard InChI is InChI=1S/7C7H8FIP2.63CH4.7Tb/c7*8-10-11(9)6-7-4-2-1-3-5-7;;;;;;;;;;;;;;;;;;;;;;;;;;;;;;;;;;;;;;;;;;;;;;;;;;;;;;;;;;;;;;;;;;;;;;/h7*1-5,10H,6H2;63*1H4;;;;;;;. The second-order valence-corrected chi connectivity index (χ2v) is 81.6. The van der Waals surface area contributed by atoms with Crippen LogP contribution in [0, 0.1) is 270 Å². The van der Waals surface area contributed by atoms with Crippen molar-refractivity contribution in [2.75, 3.05) is 0 Å². The van der Waals surface area contributed by atoms with E-state index in [4.69, 9.17) is 0 Å². The van der Waals surface area contributed by atoms with Crippen LogP contribution in [0.25, 0.3) is 0 Å². The van der Waals surface area contributed by atoms with Gasteiger partial charge in [0, 0.05) is 350 Å². The molecule has 7 radical (unpaired) electrons. The average Bonchev–Trinajstić information content (AvgIpc) is 1.00. The van der Waals surface area contributed by atoms with Crippen molar-refractivity contribution in [3.63, 3.8) is 0 Å². The Morgan fingerprint density at radius 1 is 0.116 bits per heavy atom. The van der Waals surface area contributed by atoms with Gasteiger partial charge in [0.05, 0.1) is 0 Å². The topological polar surface area (TPSA) is 0 Å². The van der Waals surface area contributed by atoms with E-state index >= 15 is 0 Å². The van der Waals surface area contributed by atoms with Gasteiger partial charge < -0.3 is 0 Å². The van der Waals surface area contributed by atoms with Crippen molar-refractivity contribution in [1.82, 2.24) is 0 Å². The van der Waals surface area contributed by atoms with Gasteiger partial charge in [-0.25, -0.2) is 29.4 Å². The van der Waals surface area contributed by atoms with Crippen molar-refractivity contribution in [2.24, 2.45) is 0 Å². The molecule has 0 aliphatic carbocycles. The van der Waals surface area contributed by atoms with E-state index in [1.165, 1.54) is 38.9 Å². The Labute approximate surface area is 1290 Å². The van der Waals surface area contributed by atoms with E-state index in [2.05, 4.69) is 154 Å². The summed E-state index contributed by atoms with van der Waals surface area (Å²) in [5.41, 5.74) is 8.74. The fourth-order valence-electron chi connectivity index (χ4n) is 5.42. The summed E-state index contributed by atoms with van der Waals surface area (Å²) in [5, 5.41) is -2.96. The number of halogens is 14. The number of rotatable bonds is 21. The zero-order valence-electron chi connectivity index (χ0n) is 42.9. The van der Waals surface area contributed by atoms with E-state index in [0.29, 0.717) is 0 Å². The van der Waals surface area contributed by atoms with Gasteiger partial charge in [-0.2, -0.15) is 0 Å². The van der Waals surface area contributed by atoms with E-state index in [1.54, 1.807) is 0 Å². The van der Waals surface area contributed by atoms with Crippen molar-refractivity contribution in [3.05, 3.63) is 251 Å². The van der Waals surface area contributed by atoms with Crippen LogP contribution in [0.1, 0.15) is 507 Å². The first kappa shape index (κ1) is 497. The molecule has 0 fully saturated rings. The van der Waals surface area contributed by atoms with Crippen LogP contribution in [0.3, 0.4) is 0 Å². The smallest absolute Gasteiger partial charge is 0.102 e. The number of benzene rings is 7. The van der Waals surface area contributed by atoms with Crippen LogP contribution in [0.15, 0.2) is 212 Å². The molecule has 7 aromatic rings. The molecule has 0 aliphatic heterocycles. The minimum Gasteiger partial charge on any atom is -0.225 e. The molecule has 0 saturated carbocycles. The fraction of sp³-hybridized carbons (Fsp3) is 0.625. The third-order valence-corrected chi connectivity index (χ3v) is 40.4. The summed E-state index contributed by atoms with van der Waals surface area (Å²) >= 11 is 15.5. The van der Waals surface area contributed by atoms with Crippen LogP contribution >= 0.6 is 251 Å². The van der Waals surface area contributed by atoms with Crippen molar-refractivity contribution in [1.29, 1.82) is 0 Å². The Bertz CT molecular complexity index is 1970. The second-order valence-electron chi connectivity index (χ2n) is 14.6. The molecular formula is C112H308F7I7P14Tb7. The predicted molar refractivity (Wildman–Crippen MR) is 848 cm³/mol. The molecule has 14 unspecified atom stereocenters. The first-order chi connectivity index (χ1) is 37.3. The van der Waals surface area contributed by atoms with Crippen LogP contribution < -0.4 is 0 Å². The summed E-state index contributed by atoms with van der Waals surface area (Å²) in [6, 6.07) is 70.5. The van der Waals surface area contributed by atoms with Gasteiger partial charge in [0.2, 0.25) is 0 Å². The van der Waals surface area contributed by atoms with Gasteiger partial charge in [0.15, 0.2) is 0 Å². The van der Waals surface area contributed by atoms with Gasteiger partial charge >= 0.3 is 0 Å². The molecular weight excluding hydrogens is 3910 g/mol. The average molecular weight is 4220 g/mol. The van der Waals surface area contributed by atoms with E-state index in [0.717, 1.165) is 43.1 Å². The first-order valence-electron chi connectivity index (χ1n) is 22.1. The minimum atomic E-state index is -0.424. The SMILES string of the molecule is C.C.C.C.C.C.C.C.C.C.C.C.C.C.C.C.C.C.C.C.C.C.C.C.C.C.C.C.C.C.C.C.C.C.C.C.C.C.C.C.C.C.C.C.C.C.C.C.C.C.C.C.C.C.C.C.C.C.C.C.C.C.C.FPP(I)Cc1ccccc1.FPP(I)Cc1ccccc1.FPP(I)Cc1ccccc1.FPP(I)Cc1ccccc1.FPP(I)Cc1ccccc1.FPP(I)Cc1ccccc1.FPP(I)Cc1ccccc1.[Tb].[Tb].[Tb].[Tb].[Tb].[Tb].[Tb]. The maximum atomic E-state index is 12.1. The molecule has 0 spiro atoms. The third kappa shape index (κ3) is 318. The molecule has 0 aromatic heterocycles. The van der Waals surface area contributed by atoms with Gasteiger partial charge in [-0.15, -0.1) is 0 Å². The summed E-state index contributed by atoms with van der Waals surface area (Å²) in [7, 11) is -2.74. The molecule has 0 heterocycles. The number of hydrogen-bond donors (Lipinski definition) is 0. The van der Waals surface area contributed by atoms with Crippen molar-refractivity contribution in [3.8, 4) is 0 Å². The quantitative estimate of drug-likeness (QED) is 0.0382. The summed E-state index contributed by atoms with van der Waals surface area (Å²) in [6.07, 6.45) is 6.36. The van der Waals surface area contributed by atoms with Gasteiger partial charge in [-0.05, 0) is 193 Å². The molecule has 987 valence electrons. The molecule has 0 aliphatic rings. The van der Waals surface area contributed by atoms with E-state index in [1.807, 2.05) is 212 Å². The van der Waals surface area contributed by atoms with Crippen LogP contribution in [0.5, 0.6) is 0 Å². The molecule has 147 heavy (non-hydrogen) atoms. The Hall–Kier alpha value is 14.2. The Morgan fingerprint density at radius 2 is 0.163 bits per heavy atom. The first-order valence-corrected chi connectivity index (χ1v) is 64.4. The summed E-state index contributed by atoms with van der Waals surface area (Å²) in [6.45, 7) is 0. The van der Waals surface area contributed by atoms with Crippen LogP contribution in [0.4, 0.5) is 29.4 Å². The van der Waals surface area contributed by atoms with Crippen LogP contribution in [0.2, 0.25) is 0 Å². The fourth-order valence-corrected chi connectivity index (χ4v) is 22.9. The largest absolute Gasteiger partial charge is 0.225 e. The van der Waals surface area contributed by atoms with E-state index in [-0.39, 0.29) is 738 Å². The molecule has 0 saturated heterocycles. The van der Waals surface area contributed by atoms with E-state index in [9.17, 15) is 29.4 Å². The minimum absolute atomic E-state index is 0. The molecule has 0 N–H and O–H groups in total. The van der Waals surface area contributed by atoms with Gasteiger partial charge in [-0.3, -0.25) is 0 Å².